The van der Waals surface area contributed by atoms with Gasteiger partial charge in [-0.05, 0) is 6.07 Å². The van der Waals surface area contributed by atoms with E-state index in [4.69, 9.17) is 5.11 Å². The minimum Gasteiger partial charge on any atom is -0.394 e. The molecule has 0 aliphatic heterocycles. The van der Waals surface area contributed by atoms with Crippen LogP contribution in [-0.2, 0) is 0 Å². The van der Waals surface area contributed by atoms with Crippen LogP contribution in [0.1, 0.15) is 0 Å². The van der Waals surface area contributed by atoms with E-state index in [1.165, 1.54) is 0 Å². The van der Waals surface area contributed by atoms with E-state index in [2.05, 4.69) is 15.5 Å². The Kier molecular flexibility index (Phi) is 2.84. The zero-order valence-corrected chi connectivity index (χ0v) is 8.14. The molecule has 0 spiro atoms. The van der Waals surface area contributed by atoms with Crippen LogP contribution in [0.5, 0.6) is 0 Å². The van der Waals surface area contributed by atoms with E-state index < -0.39 is 6.10 Å². The Bertz CT molecular complexity index is 441. The maximum atomic E-state index is 9.20. The number of nitrogens with zero attached hydrogens (tertiary/aromatic N) is 1. The highest BCUT2D eigenvalue weighted by molar-refractivity contribution is 5.89. The normalized spacial score (nSPS) is 12.9. The molecule has 1 aromatic carbocycles. The van der Waals surface area contributed by atoms with Crippen molar-refractivity contribution in [1.29, 1.82) is 0 Å². The van der Waals surface area contributed by atoms with Gasteiger partial charge >= 0.3 is 0 Å². The molecule has 1 heterocycles. The van der Waals surface area contributed by atoms with Crippen LogP contribution in [-0.4, -0.2) is 39.7 Å². The average molecular weight is 207 g/mol. The van der Waals surface area contributed by atoms with Gasteiger partial charge in [-0.25, -0.2) is 0 Å². The van der Waals surface area contributed by atoms with E-state index in [0.717, 1.165) is 16.6 Å². The Morgan fingerprint density at radius 2 is 2.33 bits per heavy atom. The summed E-state index contributed by atoms with van der Waals surface area (Å²) in [5.41, 5.74) is 1.78. The molecule has 0 fully saturated rings. The molecule has 80 valence electrons. The molecule has 1 aromatic heterocycles. The van der Waals surface area contributed by atoms with Gasteiger partial charge in [0.1, 0.15) is 0 Å². The summed E-state index contributed by atoms with van der Waals surface area (Å²) in [4.78, 5) is 0. The maximum absolute atomic E-state index is 9.20. The van der Waals surface area contributed by atoms with E-state index >= 15 is 0 Å². The summed E-state index contributed by atoms with van der Waals surface area (Å²) in [6.45, 7) is 0.0700. The Hall–Kier alpha value is -1.59. The number of rotatable bonds is 4. The molecule has 1 unspecified atom stereocenters. The van der Waals surface area contributed by atoms with Crippen molar-refractivity contribution in [2.45, 2.75) is 6.10 Å². The molecule has 2 rings (SSSR count). The van der Waals surface area contributed by atoms with Crippen molar-refractivity contribution in [3.63, 3.8) is 0 Å². The van der Waals surface area contributed by atoms with Gasteiger partial charge in [0.25, 0.3) is 0 Å². The molecule has 1 atom stereocenters. The first-order valence-corrected chi connectivity index (χ1v) is 4.76. The predicted octanol–water partition coefficient (Wildman–Crippen LogP) is 0.328. The number of aliphatic hydroxyl groups excluding tert-OH is 2. The second-order valence-corrected chi connectivity index (χ2v) is 3.36. The van der Waals surface area contributed by atoms with Gasteiger partial charge in [0.05, 0.1) is 30.1 Å². The molecule has 0 saturated heterocycles. The first-order chi connectivity index (χ1) is 7.31. The fraction of sp³-hybridized carbons (Fsp3) is 0.300. The Morgan fingerprint density at radius 1 is 1.47 bits per heavy atom. The first kappa shape index (κ1) is 9.95. The summed E-state index contributed by atoms with van der Waals surface area (Å²) < 4.78 is 0. The number of para-hydroxylation sites is 1. The van der Waals surface area contributed by atoms with Gasteiger partial charge in [0, 0.05) is 11.9 Å². The minimum atomic E-state index is -0.747. The third-order valence-electron chi connectivity index (χ3n) is 2.22. The van der Waals surface area contributed by atoms with Crippen LogP contribution in [0.15, 0.2) is 24.4 Å². The third-order valence-corrected chi connectivity index (χ3v) is 2.22. The highest BCUT2D eigenvalue weighted by Crippen LogP contribution is 2.19. The smallest absolute Gasteiger partial charge is 0.0942 e. The summed E-state index contributed by atoms with van der Waals surface area (Å²) in [5.74, 6) is 0. The number of aromatic amines is 1. The molecule has 5 heteroatoms. The van der Waals surface area contributed by atoms with E-state index in [-0.39, 0.29) is 6.61 Å². The van der Waals surface area contributed by atoms with Crippen LogP contribution in [0.3, 0.4) is 0 Å². The Balaban J connectivity index is 2.17. The topological polar surface area (TPSA) is 81.2 Å². The van der Waals surface area contributed by atoms with Crippen LogP contribution in [0.25, 0.3) is 10.9 Å². The summed E-state index contributed by atoms with van der Waals surface area (Å²) in [6, 6.07) is 5.75. The second kappa shape index (κ2) is 4.29. The number of benzene rings is 1. The molecule has 0 aliphatic carbocycles. The van der Waals surface area contributed by atoms with Crippen LogP contribution in [0.4, 0.5) is 5.69 Å². The van der Waals surface area contributed by atoms with Crippen molar-refractivity contribution in [3.05, 3.63) is 24.4 Å². The standard InChI is InChI=1S/C10H13N3O2/c14-6-8(15)5-11-9-3-1-2-7-4-12-13-10(7)9/h1-4,8,11,14-15H,5-6H2,(H,12,13). The number of nitrogens with one attached hydrogen (secondary N) is 2. The van der Waals surface area contributed by atoms with Crippen molar-refractivity contribution >= 4 is 16.6 Å². The number of aliphatic hydroxyl groups is 2. The number of anilines is 1. The van der Waals surface area contributed by atoms with Crippen LogP contribution < -0.4 is 5.32 Å². The van der Waals surface area contributed by atoms with E-state index in [0.29, 0.717) is 6.54 Å². The number of H-pyrrole nitrogens is 1. The van der Waals surface area contributed by atoms with Crippen molar-refractivity contribution in [2.75, 3.05) is 18.5 Å². The zero-order chi connectivity index (χ0) is 10.7. The molecule has 15 heavy (non-hydrogen) atoms. The van der Waals surface area contributed by atoms with Gasteiger partial charge in [-0.1, -0.05) is 12.1 Å². The van der Waals surface area contributed by atoms with Gasteiger partial charge in [-0.2, -0.15) is 5.10 Å². The third kappa shape index (κ3) is 2.08. The fourth-order valence-electron chi connectivity index (χ4n) is 1.41. The summed E-state index contributed by atoms with van der Waals surface area (Å²) >= 11 is 0. The SMILES string of the molecule is OCC(O)CNc1cccc2cn[nH]c12. The van der Waals surface area contributed by atoms with Gasteiger partial charge in [0.2, 0.25) is 0 Å². The monoisotopic (exact) mass is 207 g/mol. The molecule has 0 bridgehead atoms. The molecule has 0 radical (unpaired) electrons. The van der Waals surface area contributed by atoms with Gasteiger partial charge in [-0.15, -0.1) is 0 Å². The number of hydrogen-bond acceptors (Lipinski definition) is 4. The summed E-state index contributed by atoms with van der Waals surface area (Å²) in [7, 11) is 0. The number of aromatic nitrogens is 2. The molecule has 4 N–H and O–H groups in total. The lowest BCUT2D eigenvalue weighted by molar-refractivity contribution is 0.105. The van der Waals surface area contributed by atoms with Crippen molar-refractivity contribution in [3.8, 4) is 0 Å². The predicted molar refractivity (Wildman–Crippen MR) is 57.7 cm³/mol. The van der Waals surface area contributed by atoms with Crippen LogP contribution in [0, 0.1) is 0 Å². The maximum Gasteiger partial charge on any atom is 0.0942 e. The summed E-state index contributed by atoms with van der Waals surface area (Å²) in [6.07, 6.45) is 0.992. The fourth-order valence-corrected chi connectivity index (χ4v) is 1.41. The zero-order valence-electron chi connectivity index (χ0n) is 8.14. The van der Waals surface area contributed by atoms with Crippen molar-refractivity contribution in [2.24, 2.45) is 0 Å². The quantitative estimate of drug-likeness (QED) is 0.582. The van der Waals surface area contributed by atoms with Crippen LogP contribution in [0.2, 0.25) is 0 Å². The second-order valence-electron chi connectivity index (χ2n) is 3.36. The Labute approximate surface area is 86.7 Å². The lowest BCUT2D eigenvalue weighted by atomic mass is 10.2. The largest absolute Gasteiger partial charge is 0.394 e. The molecule has 0 saturated carbocycles. The highest BCUT2D eigenvalue weighted by atomic mass is 16.3. The Morgan fingerprint density at radius 3 is 3.13 bits per heavy atom. The number of hydrogen-bond donors (Lipinski definition) is 4. The molecular formula is C10H13N3O2. The van der Waals surface area contributed by atoms with Crippen LogP contribution >= 0.6 is 0 Å². The van der Waals surface area contributed by atoms with E-state index in [9.17, 15) is 5.11 Å². The van der Waals surface area contributed by atoms with E-state index in [1.54, 1.807) is 6.20 Å². The number of fused-ring (bicyclic) bond motifs is 1. The molecule has 2 aromatic rings. The molecule has 0 amide bonds. The first-order valence-electron chi connectivity index (χ1n) is 4.76. The molecular weight excluding hydrogens is 194 g/mol. The average Bonchev–Trinajstić information content (AvgIpc) is 2.74. The highest BCUT2D eigenvalue weighted by Gasteiger charge is 2.04. The summed E-state index contributed by atoms with van der Waals surface area (Å²) in [5, 5.41) is 28.7. The van der Waals surface area contributed by atoms with Gasteiger partial charge < -0.3 is 15.5 Å². The lowest BCUT2D eigenvalue weighted by Crippen LogP contribution is -2.22. The van der Waals surface area contributed by atoms with E-state index in [1.807, 2.05) is 18.2 Å². The van der Waals surface area contributed by atoms with Crippen molar-refractivity contribution in [1.82, 2.24) is 10.2 Å². The van der Waals surface area contributed by atoms with Gasteiger partial charge in [-0.3, -0.25) is 5.10 Å². The lowest BCUT2D eigenvalue weighted by Gasteiger charge is -2.10. The van der Waals surface area contributed by atoms with Gasteiger partial charge in [0.15, 0.2) is 0 Å². The minimum absolute atomic E-state index is 0.244. The molecule has 5 nitrogen and oxygen atoms in total. The molecule has 0 aliphatic rings. The van der Waals surface area contributed by atoms with Crippen molar-refractivity contribution < 1.29 is 10.2 Å².